The van der Waals surface area contributed by atoms with Gasteiger partial charge in [-0.3, -0.25) is 0 Å². The first-order chi connectivity index (χ1) is 9.13. The first-order valence-electron chi connectivity index (χ1n) is 6.29. The Morgan fingerprint density at radius 1 is 1.26 bits per heavy atom. The highest BCUT2D eigenvalue weighted by molar-refractivity contribution is 7.99. The van der Waals surface area contributed by atoms with Crippen LogP contribution in [-0.2, 0) is 4.74 Å². The highest BCUT2D eigenvalue weighted by Gasteiger charge is 2.08. The van der Waals surface area contributed by atoms with Crippen molar-refractivity contribution < 1.29 is 20.1 Å². The molecule has 0 aliphatic heterocycles. The third-order valence-corrected chi connectivity index (χ3v) is 3.41. The van der Waals surface area contributed by atoms with Crippen molar-refractivity contribution in [2.75, 3.05) is 24.7 Å². The van der Waals surface area contributed by atoms with Crippen molar-refractivity contribution in [2.45, 2.75) is 25.6 Å². The fraction of sp³-hybridized carbons (Fsp3) is 0.571. The summed E-state index contributed by atoms with van der Waals surface area (Å²) < 4.78 is 5.48. The summed E-state index contributed by atoms with van der Waals surface area (Å²) in [7, 11) is 0. The Morgan fingerprint density at radius 2 is 1.95 bits per heavy atom. The summed E-state index contributed by atoms with van der Waals surface area (Å²) in [5.41, 5.74) is 0. The molecule has 5 heteroatoms. The minimum atomic E-state index is -0.728. The number of allylic oxidation sites excluding steroid dienone is 5. The van der Waals surface area contributed by atoms with E-state index in [4.69, 9.17) is 14.9 Å². The van der Waals surface area contributed by atoms with Gasteiger partial charge >= 0.3 is 0 Å². The maximum Gasteiger partial charge on any atom is 0.114 e. The Bertz CT molecular complexity index is 289. The van der Waals surface area contributed by atoms with E-state index in [0.29, 0.717) is 11.5 Å². The Labute approximate surface area is 119 Å². The molecule has 0 rings (SSSR count). The maximum absolute atomic E-state index is 9.70. The summed E-state index contributed by atoms with van der Waals surface area (Å²) in [4.78, 5) is 0. The molecule has 0 heterocycles. The molecule has 0 saturated heterocycles. The third-order valence-electron chi connectivity index (χ3n) is 2.17. The van der Waals surface area contributed by atoms with E-state index in [1.54, 1.807) is 6.08 Å². The average Bonchev–Trinajstić information content (AvgIpc) is 2.42. The van der Waals surface area contributed by atoms with Crippen LogP contribution in [0, 0.1) is 0 Å². The monoisotopic (exact) mass is 288 g/mol. The van der Waals surface area contributed by atoms with Crippen LogP contribution in [0.15, 0.2) is 36.6 Å². The molecule has 4 nitrogen and oxygen atoms in total. The average molecular weight is 288 g/mol. The number of ether oxygens (including phenoxy) is 1. The van der Waals surface area contributed by atoms with Crippen molar-refractivity contribution in [3.63, 3.8) is 0 Å². The van der Waals surface area contributed by atoms with Gasteiger partial charge in [0.2, 0.25) is 0 Å². The van der Waals surface area contributed by atoms with E-state index in [1.165, 1.54) is 11.8 Å². The van der Waals surface area contributed by atoms with E-state index in [-0.39, 0.29) is 13.2 Å². The van der Waals surface area contributed by atoms with E-state index in [1.807, 2.05) is 25.2 Å². The van der Waals surface area contributed by atoms with Gasteiger partial charge in [0.1, 0.15) is 6.61 Å². The predicted octanol–water partition coefficient (Wildman–Crippen LogP) is 1.49. The van der Waals surface area contributed by atoms with Gasteiger partial charge in [-0.1, -0.05) is 31.7 Å². The van der Waals surface area contributed by atoms with Crippen molar-refractivity contribution in [3.8, 4) is 0 Å². The lowest BCUT2D eigenvalue weighted by molar-refractivity contribution is 0.0835. The predicted molar refractivity (Wildman–Crippen MR) is 80.1 cm³/mol. The summed E-state index contributed by atoms with van der Waals surface area (Å²) in [5, 5.41) is 27.5. The standard InChI is InChI=1S/C14H24O4S/c1-3-5-6-7-14(4-2)18-9-13(17)11-19-10-12(16)8-15/h3,5-7,12-13,15-17H,1,4,8-11H2,2H3/b6-5-,14-7+. The van der Waals surface area contributed by atoms with Crippen molar-refractivity contribution in [1.82, 2.24) is 0 Å². The van der Waals surface area contributed by atoms with Gasteiger partial charge in [-0.05, 0) is 6.08 Å². The van der Waals surface area contributed by atoms with Crippen molar-refractivity contribution in [1.29, 1.82) is 0 Å². The first kappa shape index (κ1) is 18.2. The molecule has 2 unspecified atom stereocenters. The molecule has 0 radical (unpaired) electrons. The van der Waals surface area contributed by atoms with Gasteiger partial charge in [-0.15, -0.1) is 0 Å². The molecule has 0 fully saturated rings. The van der Waals surface area contributed by atoms with Gasteiger partial charge < -0.3 is 20.1 Å². The second-order valence-electron chi connectivity index (χ2n) is 3.95. The van der Waals surface area contributed by atoms with Gasteiger partial charge in [0.25, 0.3) is 0 Å². The van der Waals surface area contributed by atoms with Crippen LogP contribution in [0.5, 0.6) is 0 Å². The molecule has 0 aliphatic carbocycles. The Hall–Kier alpha value is -0.750. The van der Waals surface area contributed by atoms with Crippen LogP contribution >= 0.6 is 11.8 Å². The van der Waals surface area contributed by atoms with Crippen LogP contribution in [0.4, 0.5) is 0 Å². The van der Waals surface area contributed by atoms with Gasteiger partial charge in [-0.2, -0.15) is 11.8 Å². The fourth-order valence-electron chi connectivity index (χ4n) is 1.15. The van der Waals surface area contributed by atoms with E-state index < -0.39 is 12.2 Å². The topological polar surface area (TPSA) is 69.9 Å². The fourth-order valence-corrected chi connectivity index (χ4v) is 2.04. The number of thioether (sulfide) groups is 1. The van der Waals surface area contributed by atoms with Gasteiger partial charge in [0.15, 0.2) is 0 Å². The summed E-state index contributed by atoms with van der Waals surface area (Å²) in [6.45, 7) is 5.53. The Balaban J connectivity index is 3.86. The van der Waals surface area contributed by atoms with E-state index in [2.05, 4.69) is 6.58 Å². The minimum Gasteiger partial charge on any atom is -0.495 e. The smallest absolute Gasteiger partial charge is 0.114 e. The quantitative estimate of drug-likeness (QED) is 0.397. The molecular formula is C14H24O4S. The number of hydrogen-bond acceptors (Lipinski definition) is 5. The minimum absolute atomic E-state index is 0.226. The zero-order valence-electron chi connectivity index (χ0n) is 11.4. The highest BCUT2D eigenvalue weighted by Crippen LogP contribution is 2.09. The number of hydrogen-bond donors (Lipinski definition) is 3. The molecular weight excluding hydrogens is 264 g/mol. The van der Waals surface area contributed by atoms with Gasteiger partial charge in [0.05, 0.1) is 24.6 Å². The molecule has 0 bridgehead atoms. The van der Waals surface area contributed by atoms with E-state index >= 15 is 0 Å². The van der Waals surface area contributed by atoms with Crippen molar-refractivity contribution in [3.05, 3.63) is 36.6 Å². The van der Waals surface area contributed by atoms with Gasteiger partial charge in [0, 0.05) is 17.9 Å². The summed E-state index contributed by atoms with van der Waals surface area (Å²) in [6, 6.07) is 0. The van der Waals surface area contributed by atoms with Crippen molar-refractivity contribution >= 4 is 11.8 Å². The van der Waals surface area contributed by atoms with Crippen LogP contribution in [0.2, 0.25) is 0 Å². The molecule has 0 aromatic heterocycles. The molecule has 0 aromatic rings. The SMILES string of the molecule is C=C/C=C\C=C(/CC)OCC(O)CSCC(O)CO. The molecule has 0 aromatic carbocycles. The number of rotatable bonds is 11. The summed E-state index contributed by atoms with van der Waals surface area (Å²) in [6.07, 6.45) is 6.61. The number of aliphatic hydroxyl groups is 3. The lowest BCUT2D eigenvalue weighted by atomic mass is 10.3. The second kappa shape index (κ2) is 12.3. The third kappa shape index (κ3) is 10.8. The zero-order valence-corrected chi connectivity index (χ0v) is 12.2. The molecule has 0 spiro atoms. The first-order valence-corrected chi connectivity index (χ1v) is 7.45. The molecule has 2 atom stereocenters. The van der Waals surface area contributed by atoms with E-state index in [9.17, 15) is 5.11 Å². The molecule has 19 heavy (non-hydrogen) atoms. The second-order valence-corrected chi connectivity index (χ2v) is 5.02. The molecule has 110 valence electrons. The zero-order chi connectivity index (χ0) is 14.5. The van der Waals surface area contributed by atoms with Crippen LogP contribution in [0.1, 0.15) is 13.3 Å². The maximum atomic E-state index is 9.70. The largest absolute Gasteiger partial charge is 0.495 e. The Kier molecular flexibility index (Phi) is 11.8. The van der Waals surface area contributed by atoms with Crippen molar-refractivity contribution in [2.24, 2.45) is 0 Å². The lowest BCUT2D eigenvalue weighted by Crippen LogP contribution is -2.21. The number of aliphatic hydroxyl groups excluding tert-OH is 3. The molecule has 0 saturated carbocycles. The molecule has 0 amide bonds. The van der Waals surface area contributed by atoms with Gasteiger partial charge in [-0.25, -0.2) is 0 Å². The molecule has 3 N–H and O–H groups in total. The van der Waals surface area contributed by atoms with Crippen LogP contribution in [0.25, 0.3) is 0 Å². The van der Waals surface area contributed by atoms with Crippen LogP contribution in [0.3, 0.4) is 0 Å². The summed E-state index contributed by atoms with van der Waals surface area (Å²) in [5.74, 6) is 1.68. The summed E-state index contributed by atoms with van der Waals surface area (Å²) >= 11 is 1.39. The molecule has 0 aliphatic rings. The lowest BCUT2D eigenvalue weighted by Gasteiger charge is -2.14. The van der Waals surface area contributed by atoms with E-state index in [0.717, 1.165) is 12.2 Å². The Morgan fingerprint density at radius 3 is 2.53 bits per heavy atom. The van der Waals surface area contributed by atoms with Crippen LogP contribution in [-0.4, -0.2) is 52.2 Å². The normalized spacial score (nSPS) is 15.5. The highest BCUT2D eigenvalue weighted by atomic mass is 32.2. The van der Waals surface area contributed by atoms with Crippen LogP contribution < -0.4 is 0 Å².